The smallest absolute Gasteiger partial charge is 0.412 e. The number of methoxy groups -OCH3 is 1. The lowest BCUT2D eigenvalue weighted by atomic mass is 9.62. The van der Waals surface area contributed by atoms with Gasteiger partial charge < -0.3 is 24.2 Å². The van der Waals surface area contributed by atoms with Crippen LogP contribution in [-0.2, 0) is 16.7 Å². The molecule has 3 aliphatic rings. The number of nitrogens with one attached hydrogen (secondary N) is 1. The number of carbonyl (C=O) groups excluding carboxylic acids is 1. The highest BCUT2D eigenvalue weighted by molar-refractivity contribution is 5.91. The number of ether oxygens (including phenoxy) is 3. The van der Waals surface area contributed by atoms with Crippen molar-refractivity contribution in [3.63, 3.8) is 0 Å². The van der Waals surface area contributed by atoms with Crippen molar-refractivity contribution < 1.29 is 28.9 Å². The zero-order valence-electron chi connectivity index (χ0n) is 19.5. The van der Waals surface area contributed by atoms with Crippen molar-refractivity contribution in [2.45, 2.75) is 43.4 Å². The van der Waals surface area contributed by atoms with Crippen LogP contribution in [0.4, 0.5) is 10.5 Å². The first kappa shape index (κ1) is 22.3. The number of anilines is 1. The molecule has 0 bridgehead atoms. The molecular weight excluding hydrogens is 436 g/mol. The van der Waals surface area contributed by atoms with Crippen LogP contribution in [0.25, 0.3) is 0 Å². The third-order valence-corrected chi connectivity index (χ3v) is 7.27. The van der Waals surface area contributed by atoms with Crippen molar-refractivity contribution in [3.05, 3.63) is 65.2 Å². The highest BCUT2D eigenvalue weighted by Gasteiger charge is 2.60. The number of aromatic carboxylic acids is 1. The molecule has 34 heavy (non-hydrogen) atoms. The lowest BCUT2D eigenvalue weighted by Crippen LogP contribution is -2.53. The van der Waals surface area contributed by atoms with Gasteiger partial charge >= 0.3 is 12.1 Å². The molecule has 3 atom stereocenters. The van der Waals surface area contributed by atoms with Gasteiger partial charge in [-0.1, -0.05) is 18.2 Å². The van der Waals surface area contributed by atoms with Gasteiger partial charge in [-0.3, -0.25) is 5.32 Å². The summed E-state index contributed by atoms with van der Waals surface area (Å²) < 4.78 is 18.0. The zero-order valence-corrected chi connectivity index (χ0v) is 19.5. The van der Waals surface area contributed by atoms with E-state index in [1.54, 1.807) is 19.2 Å². The van der Waals surface area contributed by atoms with E-state index in [9.17, 15) is 9.59 Å². The summed E-state index contributed by atoms with van der Waals surface area (Å²) in [6.45, 7) is 3.82. The Labute approximate surface area is 198 Å². The maximum atomic E-state index is 12.6. The second-order valence-electron chi connectivity index (χ2n) is 9.44. The molecule has 0 saturated carbocycles. The summed E-state index contributed by atoms with van der Waals surface area (Å²) in [4.78, 5) is 26.1. The predicted octanol–water partition coefficient (Wildman–Crippen LogP) is 4.20. The van der Waals surface area contributed by atoms with Crippen LogP contribution < -0.4 is 14.8 Å². The lowest BCUT2D eigenvalue weighted by Gasteiger charge is -2.44. The SMILES string of the molecule is COc1ccc2c3c1OC1(C)CC(OC(=O)Nc4cccc(C(=O)O)c4)C=CC31CCN(C)C2. The summed E-state index contributed by atoms with van der Waals surface area (Å²) in [5.41, 5.74) is 1.88. The summed E-state index contributed by atoms with van der Waals surface area (Å²) in [6, 6.07) is 10.1. The van der Waals surface area contributed by atoms with E-state index in [0.717, 1.165) is 25.3 Å². The van der Waals surface area contributed by atoms with E-state index in [2.05, 4.69) is 36.3 Å². The highest BCUT2D eigenvalue weighted by Crippen LogP contribution is 2.60. The largest absolute Gasteiger partial charge is 0.493 e. The van der Waals surface area contributed by atoms with Gasteiger partial charge in [0, 0.05) is 24.2 Å². The van der Waals surface area contributed by atoms with Crippen LogP contribution in [0, 0.1) is 0 Å². The van der Waals surface area contributed by atoms with E-state index in [4.69, 9.17) is 19.3 Å². The molecule has 3 unspecified atom stereocenters. The average Bonchev–Trinajstić information content (AvgIpc) is 2.96. The third kappa shape index (κ3) is 3.49. The molecule has 8 heteroatoms. The molecule has 178 valence electrons. The first-order valence-electron chi connectivity index (χ1n) is 11.3. The topological polar surface area (TPSA) is 97.3 Å². The Balaban J connectivity index is 1.41. The van der Waals surface area contributed by atoms with Crippen molar-refractivity contribution in [2.75, 3.05) is 26.0 Å². The molecule has 0 saturated heterocycles. The molecule has 2 aliphatic heterocycles. The van der Waals surface area contributed by atoms with E-state index >= 15 is 0 Å². The van der Waals surface area contributed by atoms with Gasteiger partial charge in [0.25, 0.3) is 0 Å². The minimum Gasteiger partial charge on any atom is -0.493 e. The summed E-state index contributed by atoms with van der Waals surface area (Å²) in [6.07, 6.45) is 4.31. The number of benzene rings is 2. The lowest BCUT2D eigenvalue weighted by molar-refractivity contribution is -0.00488. The van der Waals surface area contributed by atoms with E-state index in [1.165, 1.54) is 23.3 Å². The van der Waals surface area contributed by atoms with Crippen molar-refractivity contribution >= 4 is 17.7 Å². The van der Waals surface area contributed by atoms with Gasteiger partial charge in [-0.05, 0) is 62.8 Å². The van der Waals surface area contributed by atoms with Crippen LogP contribution in [0.5, 0.6) is 11.5 Å². The van der Waals surface area contributed by atoms with Gasteiger partial charge in [0.2, 0.25) is 0 Å². The molecule has 2 aromatic carbocycles. The summed E-state index contributed by atoms with van der Waals surface area (Å²) >= 11 is 0. The average molecular weight is 465 g/mol. The highest BCUT2D eigenvalue weighted by atomic mass is 16.6. The van der Waals surface area contributed by atoms with Crippen molar-refractivity contribution in [2.24, 2.45) is 0 Å². The van der Waals surface area contributed by atoms with Crippen LogP contribution >= 0.6 is 0 Å². The number of hydrogen-bond donors (Lipinski definition) is 2. The maximum absolute atomic E-state index is 12.6. The number of nitrogens with zero attached hydrogens (tertiary/aromatic N) is 1. The molecule has 1 amide bonds. The molecule has 2 aromatic rings. The molecule has 1 spiro atoms. The Bertz CT molecular complexity index is 1190. The van der Waals surface area contributed by atoms with Crippen LogP contribution in [0.15, 0.2) is 48.6 Å². The van der Waals surface area contributed by atoms with E-state index in [0.29, 0.717) is 17.9 Å². The van der Waals surface area contributed by atoms with Crippen LogP contribution in [0.3, 0.4) is 0 Å². The fourth-order valence-electron chi connectivity index (χ4n) is 5.58. The van der Waals surface area contributed by atoms with Crippen LogP contribution in [0.1, 0.15) is 41.3 Å². The van der Waals surface area contributed by atoms with Crippen LogP contribution in [-0.4, -0.2) is 54.5 Å². The van der Waals surface area contributed by atoms with Gasteiger partial charge in [-0.25, -0.2) is 9.59 Å². The first-order valence-corrected chi connectivity index (χ1v) is 11.3. The Hall–Kier alpha value is -3.52. The number of rotatable bonds is 4. The zero-order chi connectivity index (χ0) is 24.1. The quantitative estimate of drug-likeness (QED) is 0.655. The minimum absolute atomic E-state index is 0.0880. The number of carbonyl (C=O) groups is 2. The first-order chi connectivity index (χ1) is 16.2. The summed E-state index contributed by atoms with van der Waals surface area (Å²) in [5, 5.41) is 11.8. The Kier molecular flexibility index (Phi) is 5.28. The molecule has 2 N–H and O–H groups in total. The standard InChI is InChI=1S/C26H28N2O6/c1-25-14-19(33-24(31)27-18-6-4-5-16(13-18)23(29)30)9-10-26(25)11-12-28(2)15-17-7-8-20(32-3)22(34-25)21(17)26/h4-10,13,19H,11-12,14-15H2,1-3H3,(H,27,31)(H,29,30). The second kappa shape index (κ2) is 8.06. The third-order valence-electron chi connectivity index (χ3n) is 7.27. The van der Waals surface area contributed by atoms with E-state index in [1.807, 2.05) is 12.1 Å². The Morgan fingerprint density at radius 1 is 1.26 bits per heavy atom. The number of carboxylic acid groups (broad SMARTS) is 1. The van der Waals surface area contributed by atoms with Gasteiger partial charge in [0.15, 0.2) is 11.5 Å². The van der Waals surface area contributed by atoms with Gasteiger partial charge in [0.05, 0.1) is 18.1 Å². The molecule has 8 nitrogen and oxygen atoms in total. The van der Waals surface area contributed by atoms with Gasteiger partial charge in [-0.15, -0.1) is 0 Å². The van der Waals surface area contributed by atoms with Gasteiger partial charge in [0.1, 0.15) is 11.7 Å². The predicted molar refractivity (Wildman–Crippen MR) is 126 cm³/mol. The molecule has 5 rings (SSSR count). The normalized spacial score (nSPS) is 27.1. The Morgan fingerprint density at radius 2 is 2.09 bits per heavy atom. The van der Waals surface area contributed by atoms with Crippen molar-refractivity contribution in [1.29, 1.82) is 0 Å². The number of hydrogen-bond acceptors (Lipinski definition) is 6. The maximum Gasteiger partial charge on any atom is 0.412 e. The second-order valence-corrected chi connectivity index (χ2v) is 9.44. The minimum atomic E-state index is -1.06. The molecule has 2 heterocycles. The molecule has 1 aliphatic carbocycles. The number of amides is 1. The number of carboxylic acids is 1. The fraction of sp³-hybridized carbons (Fsp3) is 0.385. The molecule has 0 aromatic heterocycles. The molecule has 0 radical (unpaired) electrons. The van der Waals surface area contributed by atoms with Gasteiger partial charge in [-0.2, -0.15) is 0 Å². The summed E-state index contributed by atoms with van der Waals surface area (Å²) in [5.74, 6) is 0.422. The Morgan fingerprint density at radius 3 is 2.85 bits per heavy atom. The van der Waals surface area contributed by atoms with E-state index in [-0.39, 0.29) is 11.0 Å². The summed E-state index contributed by atoms with van der Waals surface area (Å²) in [7, 11) is 3.77. The molecular formula is C26H28N2O6. The van der Waals surface area contributed by atoms with Crippen molar-refractivity contribution in [1.82, 2.24) is 4.90 Å². The van der Waals surface area contributed by atoms with E-state index < -0.39 is 23.8 Å². The monoisotopic (exact) mass is 464 g/mol. The fourth-order valence-corrected chi connectivity index (χ4v) is 5.58. The van der Waals surface area contributed by atoms with Crippen LogP contribution in [0.2, 0.25) is 0 Å². The van der Waals surface area contributed by atoms with Crippen molar-refractivity contribution in [3.8, 4) is 11.5 Å². The molecule has 0 fully saturated rings.